The first kappa shape index (κ1) is 17.6. The topological polar surface area (TPSA) is 64.4 Å². The first-order valence-corrected chi connectivity index (χ1v) is 8.54. The number of benzene rings is 2. The number of rotatable bonds is 4. The zero-order chi connectivity index (χ0) is 19.1. The predicted octanol–water partition coefficient (Wildman–Crippen LogP) is 5.64. The van der Waals surface area contributed by atoms with Crippen LogP contribution in [0.3, 0.4) is 0 Å². The van der Waals surface area contributed by atoms with E-state index in [1.54, 1.807) is 24.3 Å². The van der Waals surface area contributed by atoms with Gasteiger partial charge in [-0.3, -0.25) is 4.79 Å². The van der Waals surface area contributed by atoms with E-state index < -0.39 is 11.7 Å². The van der Waals surface area contributed by atoms with Gasteiger partial charge in [0.1, 0.15) is 5.58 Å². The van der Waals surface area contributed by atoms with Crippen LogP contribution in [0.15, 0.2) is 47.0 Å². The zero-order valence-electron chi connectivity index (χ0n) is 13.8. The summed E-state index contributed by atoms with van der Waals surface area (Å²) in [5, 5.41) is 3.40. The quantitative estimate of drug-likeness (QED) is 0.477. The van der Waals surface area contributed by atoms with E-state index in [2.05, 4.69) is 10.3 Å². The molecule has 3 aromatic heterocycles. The normalized spacial score (nSPS) is 11.1. The number of hydrogen-bond donors (Lipinski definition) is 1. The van der Waals surface area contributed by atoms with Crippen LogP contribution >= 0.6 is 23.2 Å². The van der Waals surface area contributed by atoms with Crippen LogP contribution in [0.25, 0.3) is 22.3 Å². The van der Waals surface area contributed by atoms with E-state index in [9.17, 15) is 9.18 Å². The predicted molar refractivity (Wildman–Crippen MR) is 102 cm³/mol. The lowest BCUT2D eigenvalue weighted by molar-refractivity contribution is 0.102. The number of anilines is 1. The Bertz CT molecular complexity index is 1160. The molecule has 4 rings (SSSR count). The Morgan fingerprint density at radius 3 is 2.74 bits per heavy atom. The molecular weight excluding hydrogens is 394 g/mol. The van der Waals surface area contributed by atoms with Crippen LogP contribution in [0.4, 0.5) is 10.1 Å². The molecule has 27 heavy (non-hydrogen) atoms. The van der Waals surface area contributed by atoms with E-state index in [0.717, 1.165) is 0 Å². The Balaban J connectivity index is 1.79. The van der Waals surface area contributed by atoms with Crippen LogP contribution in [0.5, 0.6) is 5.88 Å². The van der Waals surface area contributed by atoms with E-state index in [0.29, 0.717) is 32.7 Å². The van der Waals surface area contributed by atoms with Gasteiger partial charge < -0.3 is 14.5 Å². The summed E-state index contributed by atoms with van der Waals surface area (Å²) in [4.78, 5) is 16.9. The third-order valence-electron chi connectivity index (χ3n) is 4.05. The summed E-state index contributed by atoms with van der Waals surface area (Å²) in [6, 6.07) is 9.15. The number of furan rings is 2. The van der Waals surface area contributed by atoms with Gasteiger partial charge in [-0.25, -0.2) is 9.37 Å². The molecule has 1 amide bonds. The van der Waals surface area contributed by atoms with E-state index >= 15 is 0 Å². The fraction of sp³-hybridized carbons (Fsp3) is 0.0526. The van der Waals surface area contributed by atoms with E-state index in [1.807, 2.05) is 0 Å². The minimum absolute atomic E-state index is 0.00228. The van der Waals surface area contributed by atoms with Crippen molar-refractivity contribution >= 4 is 46.0 Å². The molecule has 0 saturated heterocycles. The monoisotopic (exact) mass is 404 g/mol. The van der Waals surface area contributed by atoms with Gasteiger partial charge in [0, 0.05) is 29.6 Å². The number of nitrogens with zero attached hydrogens (tertiary/aromatic N) is 1. The molecule has 1 aromatic carbocycles. The minimum Gasteiger partial charge on any atom is -0.481 e. The van der Waals surface area contributed by atoms with Crippen molar-refractivity contribution in [3.05, 3.63) is 64.0 Å². The first-order chi connectivity index (χ1) is 13.0. The number of carbonyl (C=O) groups excluding carboxylic acids is 1. The first-order valence-electron chi connectivity index (χ1n) is 7.79. The average molecular weight is 405 g/mol. The van der Waals surface area contributed by atoms with Crippen molar-refractivity contribution < 1.29 is 18.3 Å². The molecule has 0 spiro atoms. The molecule has 4 aromatic rings. The van der Waals surface area contributed by atoms with Crippen molar-refractivity contribution in [2.75, 3.05) is 12.4 Å². The number of aromatic nitrogens is 1. The van der Waals surface area contributed by atoms with E-state index in [4.69, 9.17) is 32.4 Å². The SMILES string of the molecule is COc1cc(-c2c(C(=O)Nc3ccc(Cl)c(Cl)c3)c3cc(F)c2o3)ccn1. The summed E-state index contributed by atoms with van der Waals surface area (Å²) in [7, 11) is 1.47. The standard InChI is InChI=1S/C19H11Cl2FN2O3/c1-26-15-6-9(4-5-23-15)16-17(14-8-13(22)18(16)27-14)19(25)24-10-2-3-11(20)12(21)7-10/h2-8H,1H3,(H,24,25). The molecule has 136 valence electrons. The van der Waals surface area contributed by atoms with Crippen molar-refractivity contribution in [2.24, 2.45) is 0 Å². The van der Waals surface area contributed by atoms with Crippen LogP contribution < -0.4 is 10.1 Å². The lowest BCUT2D eigenvalue weighted by Gasteiger charge is -2.09. The Kier molecular flexibility index (Phi) is 4.37. The molecule has 5 nitrogen and oxygen atoms in total. The summed E-state index contributed by atoms with van der Waals surface area (Å²) >= 11 is 11.9. The van der Waals surface area contributed by atoms with Crippen LogP contribution in [-0.2, 0) is 0 Å². The lowest BCUT2D eigenvalue weighted by atomic mass is 9.99. The average Bonchev–Trinajstić information content (AvgIpc) is 3.21. The third-order valence-corrected chi connectivity index (χ3v) is 4.79. The second-order valence-electron chi connectivity index (χ2n) is 5.71. The lowest BCUT2D eigenvalue weighted by Crippen LogP contribution is -2.13. The van der Waals surface area contributed by atoms with Gasteiger partial charge in [-0.1, -0.05) is 23.2 Å². The molecule has 0 radical (unpaired) electrons. The second-order valence-corrected chi connectivity index (χ2v) is 6.52. The smallest absolute Gasteiger partial charge is 0.260 e. The summed E-state index contributed by atoms with van der Waals surface area (Å²) in [5.41, 5.74) is 1.69. The molecule has 3 heterocycles. The second kappa shape index (κ2) is 6.72. The molecule has 0 fully saturated rings. The number of methoxy groups -OCH3 is 1. The number of nitrogens with one attached hydrogen (secondary N) is 1. The Morgan fingerprint density at radius 1 is 1.19 bits per heavy atom. The van der Waals surface area contributed by atoms with Crippen LogP contribution in [-0.4, -0.2) is 18.0 Å². The molecule has 0 aliphatic heterocycles. The Hall–Kier alpha value is -2.83. The fourth-order valence-electron chi connectivity index (χ4n) is 2.84. The maximum atomic E-state index is 14.1. The van der Waals surface area contributed by atoms with Crippen molar-refractivity contribution in [1.82, 2.24) is 4.98 Å². The summed E-state index contributed by atoms with van der Waals surface area (Å²) < 4.78 is 24.7. The highest BCUT2D eigenvalue weighted by molar-refractivity contribution is 6.42. The molecular formula is C19H11Cl2FN2O3. The van der Waals surface area contributed by atoms with Gasteiger partial charge in [0.05, 0.1) is 22.7 Å². The van der Waals surface area contributed by atoms with Crippen molar-refractivity contribution in [3.63, 3.8) is 0 Å². The molecule has 8 heteroatoms. The maximum Gasteiger partial charge on any atom is 0.260 e. The van der Waals surface area contributed by atoms with Crippen molar-refractivity contribution in [1.29, 1.82) is 0 Å². The van der Waals surface area contributed by atoms with Crippen molar-refractivity contribution in [3.8, 4) is 17.0 Å². The highest BCUT2D eigenvalue weighted by atomic mass is 35.5. The molecule has 0 aliphatic carbocycles. The molecule has 0 atom stereocenters. The Labute approximate surface area is 163 Å². The van der Waals surface area contributed by atoms with E-state index in [-0.39, 0.29) is 16.7 Å². The summed E-state index contributed by atoms with van der Waals surface area (Å²) in [6.45, 7) is 0. The highest BCUT2D eigenvalue weighted by Crippen LogP contribution is 2.40. The maximum absolute atomic E-state index is 14.1. The zero-order valence-corrected chi connectivity index (χ0v) is 15.4. The number of hydrogen-bond acceptors (Lipinski definition) is 4. The van der Waals surface area contributed by atoms with Crippen LogP contribution in [0, 0.1) is 5.82 Å². The van der Waals surface area contributed by atoms with Crippen LogP contribution in [0.2, 0.25) is 10.0 Å². The number of halogens is 3. The van der Waals surface area contributed by atoms with Gasteiger partial charge in [0.2, 0.25) is 5.88 Å². The summed E-state index contributed by atoms with van der Waals surface area (Å²) in [6.07, 6.45) is 1.51. The number of ether oxygens (including phenoxy) is 1. The molecule has 0 saturated carbocycles. The molecule has 0 unspecified atom stereocenters. The van der Waals surface area contributed by atoms with Gasteiger partial charge in [0.15, 0.2) is 11.4 Å². The van der Waals surface area contributed by atoms with Gasteiger partial charge >= 0.3 is 0 Å². The molecule has 0 aliphatic rings. The van der Waals surface area contributed by atoms with Gasteiger partial charge in [-0.2, -0.15) is 0 Å². The van der Waals surface area contributed by atoms with Crippen LogP contribution in [0.1, 0.15) is 10.4 Å². The largest absolute Gasteiger partial charge is 0.481 e. The third kappa shape index (κ3) is 3.07. The van der Waals surface area contributed by atoms with Gasteiger partial charge in [-0.15, -0.1) is 0 Å². The number of carbonyl (C=O) groups is 1. The molecule has 2 bridgehead atoms. The number of pyridine rings is 1. The fourth-order valence-corrected chi connectivity index (χ4v) is 3.14. The highest BCUT2D eigenvalue weighted by Gasteiger charge is 2.28. The van der Waals surface area contributed by atoms with Gasteiger partial charge in [-0.05, 0) is 29.8 Å². The number of amides is 1. The Morgan fingerprint density at radius 2 is 2.00 bits per heavy atom. The van der Waals surface area contributed by atoms with E-state index in [1.165, 1.54) is 25.4 Å². The summed E-state index contributed by atoms with van der Waals surface area (Å²) in [5.74, 6) is -0.670. The van der Waals surface area contributed by atoms with Crippen molar-refractivity contribution in [2.45, 2.75) is 0 Å². The van der Waals surface area contributed by atoms with Gasteiger partial charge in [0.25, 0.3) is 5.91 Å². The minimum atomic E-state index is -0.540. The number of fused-ring (bicyclic) bond motifs is 2. The molecule has 1 N–H and O–H groups in total.